The molecule has 1 aromatic rings. The van der Waals surface area contributed by atoms with Crippen LogP contribution in [-0.4, -0.2) is 12.6 Å². The van der Waals surface area contributed by atoms with E-state index in [1.54, 1.807) is 0 Å². The zero-order valence-corrected chi connectivity index (χ0v) is 14.2. The van der Waals surface area contributed by atoms with Crippen molar-refractivity contribution < 1.29 is 9.53 Å². The fourth-order valence-corrected chi connectivity index (χ4v) is 5.92. The molecule has 0 radical (unpaired) electrons. The highest BCUT2D eigenvalue weighted by atomic mass is 16.5. The van der Waals surface area contributed by atoms with Crippen molar-refractivity contribution in [3.05, 3.63) is 35.4 Å². The van der Waals surface area contributed by atoms with Crippen molar-refractivity contribution in [3.63, 3.8) is 0 Å². The summed E-state index contributed by atoms with van der Waals surface area (Å²) in [6, 6.07) is 7.84. The first-order valence-electron chi connectivity index (χ1n) is 9.42. The van der Waals surface area contributed by atoms with Crippen LogP contribution in [0.25, 0.3) is 0 Å². The first kappa shape index (κ1) is 15.2. The Balaban J connectivity index is 1.32. The largest absolute Gasteiger partial charge is 0.462 e. The minimum absolute atomic E-state index is 0.155. The molecule has 23 heavy (non-hydrogen) atoms. The van der Waals surface area contributed by atoms with E-state index in [4.69, 9.17) is 4.74 Å². The zero-order chi connectivity index (χ0) is 15.9. The van der Waals surface area contributed by atoms with Crippen LogP contribution < -0.4 is 0 Å². The topological polar surface area (TPSA) is 26.3 Å². The van der Waals surface area contributed by atoms with Gasteiger partial charge in [0.2, 0.25) is 0 Å². The highest BCUT2D eigenvalue weighted by Crippen LogP contribution is 2.61. The molecule has 1 aromatic carbocycles. The lowest BCUT2D eigenvalue weighted by atomic mass is 9.49. The van der Waals surface area contributed by atoms with E-state index in [9.17, 15) is 4.79 Å². The predicted molar refractivity (Wildman–Crippen MR) is 91.3 cm³/mol. The Bertz CT molecular complexity index is 537. The lowest BCUT2D eigenvalue weighted by Gasteiger charge is -2.57. The van der Waals surface area contributed by atoms with Gasteiger partial charge in [0, 0.05) is 0 Å². The number of benzene rings is 1. The number of aryl methyl sites for hydroxylation is 1. The molecule has 4 aliphatic carbocycles. The minimum atomic E-state index is -0.155. The van der Waals surface area contributed by atoms with Crippen LogP contribution in [-0.2, 0) is 11.2 Å². The van der Waals surface area contributed by atoms with Crippen LogP contribution in [0.15, 0.2) is 24.3 Å². The van der Waals surface area contributed by atoms with E-state index in [2.05, 4.69) is 6.92 Å². The Morgan fingerprint density at radius 3 is 2.13 bits per heavy atom. The minimum Gasteiger partial charge on any atom is -0.462 e. The lowest BCUT2D eigenvalue weighted by molar-refractivity contribution is -0.0653. The van der Waals surface area contributed by atoms with Crippen LogP contribution in [0, 0.1) is 23.2 Å². The molecule has 0 saturated heterocycles. The van der Waals surface area contributed by atoms with Crippen LogP contribution in [0.1, 0.15) is 67.8 Å². The van der Waals surface area contributed by atoms with Gasteiger partial charge in [-0.2, -0.15) is 0 Å². The SMILES string of the molecule is CCc1ccc(C(=O)OCCC23CC4CC(CC(C4)C2)C3)cc1. The molecule has 5 rings (SSSR count). The van der Waals surface area contributed by atoms with Crippen molar-refractivity contribution in [1.82, 2.24) is 0 Å². The molecule has 0 atom stereocenters. The van der Waals surface area contributed by atoms with Crippen LogP contribution in [0.2, 0.25) is 0 Å². The van der Waals surface area contributed by atoms with Crippen molar-refractivity contribution in [2.24, 2.45) is 23.2 Å². The Morgan fingerprint density at radius 2 is 1.61 bits per heavy atom. The lowest BCUT2D eigenvalue weighted by Crippen LogP contribution is -2.46. The Morgan fingerprint density at radius 1 is 1.04 bits per heavy atom. The molecule has 4 aliphatic rings. The molecule has 4 fully saturated rings. The normalized spacial score (nSPS) is 34.6. The van der Waals surface area contributed by atoms with Gasteiger partial charge in [-0.3, -0.25) is 0 Å². The number of esters is 1. The van der Waals surface area contributed by atoms with Crippen LogP contribution in [0.5, 0.6) is 0 Å². The summed E-state index contributed by atoms with van der Waals surface area (Å²) in [6.07, 6.45) is 10.7. The second-order valence-corrected chi connectivity index (χ2v) is 8.35. The number of carbonyl (C=O) groups excluding carboxylic acids is 1. The molecular formula is C21H28O2. The highest BCUT2D eigenvalue weighted by molar-refractivity contribution is 5.89. The van der Waals surface area contributed by atoms with Crippen molar-refractivity contribution >= 4 is 5.97 Å². The van der Waals surface area contributed by atoms with Gasteiger partial charge >= 0.3 is 5.97 Å². The van der Waals surface area contributed by atoms with Crippen LogP contribution >= 0.6 is 0 Å². The third-order valence-corrected chi connectivity index (χ3v) is 6.63. The molecule has 4 saturated carbocycles. The first-order chi connectivity index (χ1) is 11.2. The van der Waals surface area contributed by atoms with Gasteiger partial charge in [0.15, 0.2) is 0 Å². The van der Waals surface area contributed by atoms with Gasteiger partial charge in [0.05, 0.1) is 12.2 Å². The van der Waals surface area contributed by atoms with Gasteiger partial charge in [-0.05, 0) is 92.2 Å². The molecule has 0 spiro atoms. The summed E-state index contributed by atoms with van der Waals surface area (Å²) >= 11 is 0. The van der Waals surface area contributed by atoms with Gasteiger partial charge in [-0.1, -0.05) is 19.1 Å². The van der Waals surface area contributed by atoms with Crippen molar-refractivity contribution in [2.75, 3.05) is 6.61 Å². The van der Waals surface area contributed by atoms with E-state index in [0.29, 0.717) is 17.6 Å². The second-order valence-electron chi connectivity index (χ2n) is 8.35. The van der Waals surface area contributed by atoms with Crippen LogP contribution in [0.3, 0.4) is 0 Å². The van der Waals surface area contributed by atoms with Crippen molar-refractivity contribution in [1.29, 1.82) is 0 Å². The monoisotopic (exact) mass is 312 g/mol. The van der Waals surface area contributed by atoms with Crippen molar-refractivity contribution in [2.45, 2.75) is 58.3 Å². The summed E-state index contributed by atoms with van der Waals surface area (Å²) in [6.45, 7) is 2.72. The van der Waals surface area contributed by atoms with Gasteiger partial charge in [-0.25, -0.2) is 4.79 Å². The number of carbonyl (C=O) groups is 1. The third kappa shape index (κ3) is 3.05. The van der Waals surface area contributed by atoms with E-state index in [-0.39, 0.29) is 5.97 Å². The molecule has 0 amide bonds. The third-order valence-electron chi connectivity index (χ3n) is 6.63. The Kier molecular flexibility index (Phi) is 3.95. The molecule has 0 aliphatic heterocycles. The molecule has 0 unspecified atom stereocenters. The second kappa shape index (κ2) is 5.96. The number of hydrogen-bond donors (Lipinski definition) is 0. The molecule has 4 bridgehead atoms. The van der Waals surface area contributed by atoms with E-state index in [1.165, 1.54) is 44.1 Å². The molecule has 2 nitrogen and oxygen atoms in total. The molecule has 0 heterocycles. The molecule has 0 aromatic heterocycles. The van der Waals surface area contributed by atoms with Crippen LogP contribution in [0.4, 0.5) is 0 Å². The summed E-state index contributed by atoms with van der Waals surface area (Å²) in [5, 5.41) is 0. The van der Waals surface area contributed by atoms with E-state index in [1.807, 2.05) is 24.3 Å². The maximum Gasteiger partial charge on any atom is 0.338 e. The smallest absolute Gasteiger partial charge is 0.338 e. The predicted octanol–water partition coefficient (Wildman–Crippen LogP) is 5.01. The fourth-order valence-electron chi connectivity index (χ4n) is 5.92. The van der Waals surface area contributed by atoms with E-state index >= 15 is 0 Å². The quantitative estimate of drug-likeness (QED) is 0.714. The van der Waals surface area contributed by atoms with Crippen molar-refractivity contribution in [3.8, 4) is 0 Å². The fraction of sp³-hybridized carbons (Fsp3) is 0.667. The molecular weight excluding hydrogens is 284 g/mol. The summed E-state index contributed by atoms with van der Waals surface area (Å²) in [4.78, 5) is 12.2. The van der Waals surface area contributed by atoms with E-state index in [0.717, 1.165) is 30.6 Å². The van der Waals surface area contributed by atoms with Gasteiger partial charge in [0.25, 0.3) is 0 Å². The van der Waals surface area contributed by atoms with Gasteiger partial charge < -0.3 is 4.74 Å². The number of rotatable bonds is 5. The average molecular weight is 312 g/mol. The summed E-state index contributed by atoms with van der Waals surface area (Å²) in [5.41, 5.74) is 2.45. The summed E-state index contributed by atoms with van der Waals surface area (Å²) in [5.74, 6) is 2.76. The standard InChI is InChI=1S/C21H28O2/c1-2-15-3-5-19(6-4-15)20(22)23-8-7-21-12-16-9-17(13-21)11-18(10-16)14-21/h3-6,16-18H,2,7-14H2,1H3. The first-order valence-corrected chi connectivity index (χ1v) is 9.42. The summed E-state index contributed by atoms with van der Waals surface area (Å²) < 4.78 is 5.60. The Hall–Kier alpha value is -1.31. The van der Waals surface area contributed by atoms with E-state index < -0.39 is 0 Å². The molecule has 124 valence electrons. The maximum absolute atomic E-state index is 12.2. The number of hydrogen-bond acceptors (Lipinski definition) is 2. The van der Waals surface area contributed by atoms with Gasteiger partial charge in [0.1, 0.15) is 0 Å². The summed E-state index contributed by atoms with van der Waals surface area (Å²) in [7, 11) is 0. The average Bonchev–Trinajstić information content (AvgIpc) is 2.53. The molecule has 0 N–H and O–H groups in total. The van der Waals surface area contributed by atoms with Gasteiger partial charge in [-0.15, -0.1) is 0 Å². The zero-order valence-electron chi connectivity index (χ0n) is 14.2. The molecule has 2 heteroatoms. The maximum atomic E-state index is 12.2. The highest BCUT2D eigenvalue weighted by Gasteiger charge is 2.50. The Labute approximate surface area is 139 Å². The number of ether oxygens (including phenoxy) is 1.